The van der Waals surface area contributed by atoms with Crippen molar-refractivity contribution in [2.45, 2.75) is 30.0 Å². The van der Waals surface area contributed by atoms with E-state index in [1.807, 2.05) is 50.2 Å². The number of aromatic nitrogens is 2. The molecule has 12 heteroatoms. The van der Waals surface area contributed by atoms with Crippen LogP contribution in [0.2, 0.25) is 5.02 Å². The predicted molar refractivity (Wildman–Crippen MR) is 168 cm³/mol. The van der Waals surface area contributed by atoms with Gasteiger partial charge in [0.05, 0.1) is 32.9 Å². The minimum absolute atomic E-state index is 0.0847. The molecule has 1 atom stereocenters. The molecule has 0 spiro atoms. The number of methoxy groups -OCH3 is 3. The Morgan fingerprint density at radius 3 is 2.28 bits per heavy atom. The number of carbonyl (C=O) groups is 2. The number of aliphatic hydroxyl groups excluding tert-OH is 1. The van der Waals surface area contributed by atoms with Gasteiger partial charge in [0.2, 0.25) is 10.9 Å². The lowest BCUT2D eigenvalue weighted by Crippen LogP contribution is -2.29. The maximum atomic E-state index is 13.7. The van der Waals surface area contributed by atoms with Crippen molar-refractivity contribution in [1.82, 2.24) is 10.2 Å². The lowest BCUT2D eigenvalue weighted by molar-refractivity contribution is -0.132. The summed E-state index contributed by atoms with van der Waals surface area (Å²) in [5.74, 6) is -0.372. The van der Waals surface area contributed by atoms with Gasteiger partial charge in [-0.05, 0) is 60.9 Å². The van der Waals surface area contributed by atoms with Crippen LogP contribution >= 0.6 is 34.7 Å². The smallest absolute Gasteiger partial charge is 0.301 e. The Hall–Kier alpha value is -4.06. The molecule has 0 aliphatic carbocycles. The van der Waals surface area contributed by atoms with Crippen LogP contribution in [0.4, 0.5) is 5.13 Å². The monoisotopic (exact) mass is 637 g/mol. The Kier molecular flexibility index (Phi) is 8.95. The molecule has 1 fully saturated rings. The number of ketones is 1. The van der Waals surface area contributed by atoms with Crippen molar-refractivity contribution >= 4 is 57.3 Å². The van der Waals surface area contributed by atoms with Crippen LogP contribution in [0.15, 0.2) is 64.5 Å². The van der Waals surface area contributed by atoms with E-state index in [-0.39, 0.29) is 16.5 Å². The summed E-state index contributed by atoms with van der Waals surface area (Å²) in [4.78, 5) is 28.7. The van der Waals surface area contributed by atoms with Gasteiger partial charge in [-0.3, -0.25) is 14.5 Å². The van der Waals surface area contributed by atoms with Crippen molar-refractivity contribution in [3.63, 3.8) is 0 Å². The third kappa shape index (κ3) is 5.93. The van der Waals surface area contributed by atoms with Crippen molar-refractivity contribution in [2.24, 2.45) is 0 Å². The van der Waals surface area contributed by atoms with Crippen molar-refractivity contribution in [3.05, 3.63) is 93.0 Å². The lowest BCUT2D eigenvalue weighted by Gasteiger charge is -2.24. The molecule has 43 heavy (non-hydrogen) atoms. The number of benzene rings is 3. The molecular weight excluding hydrogens is 610 g/mol. The highest BCUT2D eigenvalue weighted by Gasteiger charge is 2.49. The van der Waals surface area contributed by atoms with E-state index < -0.39 is 17.7 Å². The van der Waals surface area contributed by atoms with Gasteiger partial charge in [0.1, 0.15) is 5.76 Å². The quantitative estimate of drug-likeness (QED) is 0.0700. The van der Waals surface area contributed by atoms with Gasteiger partial charge in [0.25, 0.3) is 5.78 Å². The second-order valence-corrected chi connectivity index (χ2v) is 12.3. The van der Waals surface area contributed by atoms with Gasteiger partial charge in [0, 0.05) is 16.3 Å². The normalized spacial score (nSPS) is 16.0. The number of carbonyl (C=O) groups excluding carboxylic acids is 2. The molecule has 1 aliphatic heterocycles. The standard InChI is InChI=1S/C31H28ClN3O6S2/c1-16-6-7-17(2)21(12-16)26(36)24-25(19-13-22(39-3)28(41-5)23(14-19)40-4)35(29(38)27(24)37)30-33-34-31(43-30)42-15-18-8-10-20(32)11-9-18/h6-14,25,36H,15H2,1-5H3/b26-24+. The molecule has 0 saturated carbocycles. The number of anilines is 1. The summed E-state index contributed by atoms with van der Waals surface area (Å²) < 4.78 is 17.2. The number of hydrogen-bond acceptors (Lipinski definition) is 10. The Morgan fingerprint density at radius 1 is 0.977 bits per heavy atom. The maximum absolute atomic E-state index is 13.7. The Labute approximate surface area is 262 Å². The molecule has 1 amide bonds. The zero-order valence-electron chi connectivity index (χ0n) is 24.0. The summed E-state index contributed by atoms with van der Waals surface area (Å²) in [5, 5.41) is 21.1. The first-order chi connectivity index (χ1) is 20.7. The van der Waals surface area contributed by atoms with Crippen LogP contribution in [-0.2, 0) is 15.3 Å². The van der Waals surface area contributed by atoms with Crippen LogP contribution in [0.3, 0.4) is 0 Å². The number of Topliss-reactive ketones (excluding diaryl/α,β-unsaturated/α-hetero) is 1. The Morgan fingerprint density at radius 2 is 1.65 bits per heavy atom. The average molecular weight is 638 g/mol. The molecule has 0 bridgehead atoms. The summed E-state index contributed by atoms with van der Waals surface area (Å²) in [5.41, 5.74) is 3.49. The molecule has 222 valence electrons. The number of thioether (sulfide) groups is 1. The molecule has 1 N–H and O–H groups in total. The highest BCUT2D eigenvalue weighted by Crippen LogP contribution is 2.48. The van der Waals surface area contributed by atoms with Crippen molar-refractivity contribution in [1.29, 1.82) is 0 Å². The highest BCUT2D eigenvalue weighted by atomic mass is 35.5. The van der Waals surface area contributed by atoms with Crippen LogP contribution in [0, 0.1) is 13.8 Å². The fourth-order valence-corrected chi connectivity index (χ4v) is 6.77. The summed E-state index contributed by atoms with van der Waals surface area (Å²) in [6.07, 6.45) is 0. The van der Waals surface area contributed by atoms with Crippen LogP contribution in [-0.4, -0.2) is 48.3 Å². The minimum atomic E-state index is -1.06. The average Bonchev–Trinajstić information content (AvgIpc) is 3.58. The summed E-state index contributed by atoms with van der Waals surface area (Å²) >= 11 is 8.62. The molecule has 5 rings (SSSR count). The van der Waals surface area contributed by atoms with Crippen LogP contribution in [0.5, 0.6) is 17.2 Å². The Balaban J connectivity index is 1.64. The number of rotatable bonds is 9. The van der Waals surface area contributed by atoms with E-state index in [1.165, 1.54) is 49.3 Å². The van der Waals surface area contributed by atoms with E-state index >= 15 is 0 Å². The molecule has 1 aliphatic rings. The Bertz CT molecular complexity index is 1710. The van der Waals surface area contributed by atoms with Gasteiger partial charge >= 0.3 is 5.91 Å². The number of aryl methyl sites for hydroxylation is 2. The third-order valence-electron chi connectivity index (χ3n) is 6.97. The molecule has 1 unspecified atom stereocenters. The number of aliphatic hydroxyl groups is 1. The van der Waals surface area contributed by atoms with Crippen LogP contribution in [0.1, 0.15) is 33.9 Å². The summed E-state index contributed by atoms with van der Waals surface area (Å²) in [6.45, 7) is 3.71. The summed E-state index contributed by atoms with van der Waals surface area (Å²) in [7, 11) is 4.43. The molecule has 3 aromatic carbocycles. The largest absolute Gasteiger partial charge is 0.507 e. The number of ether oxygens (including phenoxy) is 3. The van der Waals surface area contributed by atoms with Gasteiger partial charge in [-0.2, -0.15) is 0 Å². The van der Waals surface area contributed by atoms with Crippen molar-refractivity contribution in [2.75, 3.05) is 26.2 Å². The first-order valence-electron chi connectivity index (χ1n) is 13.1. The molecule has 4 aromatic rings. The maximum Gasteiger partial charge on any atom is 0.301 e. The van der Waals surface area contributed by atoms with Gasteiger partial charge in [-0.15, -0.1) is 10.2 Å². The predicted octanol–water partition coefficient (Wildman–Crippen LogP) is 6.75. The van der Waals surface area contributed by atoms with Crippen molar-refractivity contribution in [3.8, 4) is 17.2 Å². The second-order valence-electron chi connectivity index (χ2n) is 9.71. The SMILES string of the molecule is COc1cc(C2/C(=C(\O)c3cc(C)ccc3C)C(=O)C(=O)N2c2nnc(SCc3ccc(Cl)cc3)s2)cc(OC)c1OC. The van der Waals surface area contributed by atoms with E-state index in [4.69, 9.17) is 25.8 Å². The number of nitrogens with zero attached hydrogens (tertiary/aromatic N) is 3. The molecule has 0 radical (unpaired) electrons. The zero-order valence-corrected chi connectivity index (χ0v) is 26.4. The third-order valence-corrected chi connectivity index (χ3v) is 9.35. The van der Waals surface area contributed by atoms with Crippen LogP contribution < -0.4 is 19.1 Å². The van der Waals surface area contributed by atoms with Crippen LogP contribution in [0.25, 0.3) is 5.76 Å². The van der Waals surface area contributed by atoms with E-state index in [2.05, 4.69) is 10.2 Å². The molecule has 1 aromatic heterocycles. The van der Waals surface area contributed by atoms with E-state index in [1.54, 1.807) is 18.2 Å². The minimum Gasteiger partial charge on any atom is -0.507 e. The highest BCUT2D eigenvalue weighted by molar-refractivity contribution is 8.00. The number of halogens is 1. The first kappa shape index (κ1) is 30.4. The van der Waals surface area contributed by atoms with Crippen molar-refractivity contribution < 1.29 is 28.9 Å². The fourth-order valence-electron chi connectivity index (χ4n) is 4.82. The fraction of sp³-hybridized carbons (Fsp3) is 0.226. The van der Waals surface area contributed by atoms with E-state index in [0.717, 1.165) is 16.7 Å². The zero-order chi connectivity index (χ0) is 30.8. The number of amides is 1. The van der Waals surface area contributed by atoms with Gasteiger partial charge in [0.15, 0.2) is 15.8 Å². The number of hydrogen-bond donors (Lipinski definition) is 1. The molecular formula is C31H28ClN3O6S2. The molecule has 2 heterocycles. The molecule has 9 nitrogen and oxygen atoms in total. The molecule has 1 saturated heterocycles. The first-order valence-corrected chi connectivity index (χ1v) is 15.2. The van der Waals surface area contributed by atoms with E-state index in [0.29, 0.717) is 43.5 Å². The van der Waals surface area contributed by atoms with Gasteiger partial charge < -0.3 is 19.3 Å². The summed E-state index contributed by atoms with van der Waals surface area (Å²) in [6, 6.07) is 15.3. The lowest BCUT2D eigenvalue weighted by atomic mass is 9.93. The van der Waals surface area contributed by atoms with Gasteiger partial charge in [-0.25, -0.2) is 0 Å². The van der Waals surface area contributed by atoms with E-state index in [9.17, 15) is 14.7 Å². The second kappa shape index (κ2) is 12.7. The topological polar surface area (TPSA) is 111 Å². The van der Waals surface area contributed by atoms with Gasteiger partial charge in [-0.1, -0.05) is 64.5 Å².